The lowest BCUT2D eigenvalue weighted by Gasteiger charge is -2.08. The van der Waals surface area contributed by atoms with Gasteiger partial charge in [0.1, 0.15) is 0 Å². The van der Waals surface area contributed by atoms with Crippen molar-refractivity contribution in [1.82, 2.24) is 4.72 Å². The molecule has 0 unspecified atom stereocenters. The molecule has 144 valence electrons. The van der Waals surface area contributed by atoms with Crippen molar-refractivity contribution in [3.8, 4) is 0 Å². The van der Waals surface area contributed by atoms with E-state index in [0.717, 1.165) is 17.7 Å². The first-order chi connectivity index (χ1) is 12.9. The second-order valence-electron chi connectivity index (χ2n) is 6.42. The van der Waals surface area contributed by atoms with E-state index in [1.54, 1.807) is 23.9 Å². The summed E-state index contributed by atoms with van der Waals surface area (Å²) in [5.41, 5.74) is 0.581. The lowest BCUT2D eigenvalue weighted by Crippen LogP contribution is -2.25. The second kappa shape index (κ2) is 9.10. The Balaban J connectivity index is 1.45. The molecule has 5 nitrogen and oxygen atoms in total. The van der Waals surface area contributed by atoms with Crippen molar-refractivity contribution in [2.45, 2.75) is 29.1 Å². The maximum atomic E-state index is 12.2. The van der Waals surface area contributed by atoms with E-state index < -0.39 is 10.0 Å². The molecule has 0 bridgehead atoms. The summed E-state index contributed by atoms with van der Waals surface area (Å²) in [6.07, 6.45) is 2.53. The Hall–Kier alpha value is -1.54. The number of hydrogen-bond acceptors (Lipinski definition) is 4. The van der Waals surface area contributed by atoms with Gasteiger partial charge < -0.3 is 5.32 Å². The van der Waals surface area contributed by atoms with Gasteiger partial charge in [0, 0.05) is 34.3 Å². The number of sulfonamides is 1. The molecule has 0 heterocycles. The monoisotopic (exact) mass is 424 g/mol. The predicted molar refractivity (Wildman–Crippen MR) is 110 cm³/mol. The Kier molecular flexibility index (Phi) is 6.81. The van der Waals surface area contributed by atoms with Gasteiger partial charge in [0.25, 0.3) is 0 Å². The predicted octanol–water partition coefficient (Wildman–Crippen LogP) is 4.15. The van der Waals surface area contributed by atoms with Crippen LogP contribution in [0.3, 0.4) is 0 Å². The molecule has 3 rings (SSSR count). The van der Waals surface area contributed by atoms with Crippen LogP contribution < -0.4 is 10.0 Å². The van der Waals surface area contributed by atoms with Crippen molar-refractivity contribution in [2.24, 2.45) is 5.92 Å². The van der Waals surface area contributed by atoms with Crippen LogP contribution in [0.5, 0.6) is 0 Å². The number of rotatable bonds is 9. The molecule has 2 aromatic carbocycles. The van der Waals surface area contributed by atoms with Crippen LogP contribution in [0.4, 0.5) is 5.69 Å². The van der Waals surface area contributed by atoms with Gasteiger partial charge in [-0.2, -0.15) is 0 Å². The fraction of sp³-hybridized carbons (Fsp3) is 0.316. The van der Waals surface area contributed by atoms with Crippen LogP contribution in [0.25, 0.3) is 0 Å². The second-order valence-corrected chi connectivity index (χ2v) is 9.79. The fourth-order valence-electron chi connectivity index (χ4n) is 2.37. The smallest absolute Gasteiger partial charge is 0.240 e. The highest BCUT2D eigenvalue weighted by Crippen LogP contribution is 2.28. The van der Waals surface area contributed by atoms with Gasteiger partial charge in [0.05, 0.1) is 4.90 Å². The van der Waals surface area contributed by atoms with Gasteiger partial charge in [-0.3, -0.25) is 4.79 Å². The lowest BCUT2D eigenvalue weighted by molar-refractivity contribution is -0.115. The summed E-state index contributed by atoms with van der Waals surface area (Å²) in [5, 5.41) is 3.47. The van der Waals surface area contributed by atoms with Gasteiger partial charge in [0.15, 0.2) is 0 Å². The first-order valence-electron chi connectivity index (χ1n) is 8.70. The number of amides is 1. The third-order valence-corrected chi connectivity index (χ3v) is 6.82. The fourth-order valence-corrected chi connectivity index (χ4v) is 4.46. The van der Waals surface area contributed by atoms with Gasteiger partial charge >= 0.3 is 0 Å². The molecule has 0 aliphatic heterocycles. The summed E-state index contributed by atoms with van der Waals surface area (Å²) in [6.45, 7) is 0.492. The van der Waals surface area contributed by atoms with Gasteiger partial charge in [-0.15, -0.1) is 11.8 Å². The highest BCUT2D eigenvalue weighted by Gasteiger charge is 2.24. The van der Waals surface area contributed by atoms with Crippen LogP contribution >= 0.6 is 23.4 Å². The van der Waals surface area contributed by atoms with E-state index in [0.29, 0.717) is 35.3 Å². The Morgan fingerprint density at radius 2 is 1.74 bits per heavy atom. The molecular formula is C19H21ClN2O3S2. The third-order valence-electron chi connectivity index (χ3n) is 4.12. The normalized spacial score (nSPS) is 14.1. The summed E-state index contributed by atoms with van der Waals surface area (Å²) in [4.78, 5) is 13.3. The SMILES string of the molecule is O=C(CCSc1ccc(Cl)cc1)Nc1ccc(S(=O)(=O)NCC2CC2)cc1. The number of halogens is 1. The van der Waals surface area contributed by atoms with Gasteiger partial charge in [-0.25, -0.2) is 13.1 Å². The molecule has 27 heavy (non-hydrogen) atoms. The van der Waals surface area contributed by atoms with E-state index in [4.69, 9.17) is 11.6 Å². The standard InChI is InChI=1S/C19H21ClN2O3S2/c20-15-3-7-17(8-4-15)26-12-11-19(23)22-16-5-9-18(10-6-16)27(24,25)21-13-14-1-2-14/h3-10,14,21H,1-2,11-13H2,(H,22,23). The summed E-state index contributed by atoms with van der Waals surface area (Å²) in [5.74, 6) is 1.01. The van der Waals surface area contributed by atoms with E-state index in [1.165, 1.54) is 12.1 Å². The number of thioether (sulfide) groups is 1. The molecule has 0 radical (unpaired) electrons. The summed E-state index contributed by atoms with van der Waals surface area (Å²) in [6, 6.07) is 13.7. The summed E-state index contributed by atoms with van der Waals surface area (Å²) >= 11 is 7.42. The van der Waals surface area contributed by atoms with Crippen LogP contribution in [0.2, 0.25) is 5.02 Å². The molecule has 1 aliphatic rings. The van der Waals surface area contributed by atoms with E-state index >= 15 is 0 Å². The van der Waals surface area contributed by atoms with Crippen molar-refractivity contribution < 1.29 is 13.2 Å². The minimum atomic E-state index is -3.48. The lowest BCUT2D eigenvalue weighted by atomic mass is 10.3. The maximum absolute atomic E-state index is 12.2. The van der Waals surface area contributed by atoms with Crippen molar-refractivity contribution in [1.29, 1.82) is 0 Å². The zero-order valence-electron chi connectivity index (χ0n) is 14.7. The number of nitrogens with one attached hydrogen (secondary N) is 2. The minimum Gasteiger partial charge on any atom is -0.326 e. The van der Waals surface area contributed by atoms with E-state index in [2.05, 4.69) is 10.0 Å². The topological polar surface area (TPSA) is 75.3 Å². The van der Waals surface area contributed by atoms with E-state index in [-0.39, 0.29) is 10.8 Å². The van der Waals surface area contributed by atoms with Gasteiger partial charge in [-0.1, -0.05) is 11.6 Å². The number of hydrogen-bond donors (Lipinski definition) is 2. The minimum absolute atomic E-state index is 0.112. The van der Waals surface area contributed by atoms with Crippen molar-refractivity contribution >= 4 is 45.0 Å². The number of benzene rings is 2. The highest BCUT2D eigenvalue weighted by molar-refractivity contribution is 7.99. The molecule has 0 aromatic heterocycles. The summed E-state index contributed by atoms with van der Waals surface area (Å²) < 4.78 is 27.0. The van der Waals surface area contributed by atoms with Crippen LogP contribution in [0, 0.1) is 5.92 Å². The van der Waals surface area contributed by atoms with E-state index in [1.807, 2.05) is 24.3 Å². The molecule has 1 amide bonds. The summed E-state index contributed by atoms with van der Waals surface area (Å²) in [7, 11) is -3.48. The quantitative estimate of drug-likeness (QED) is 0.593. The third kappa shape index (κ3) is 6.53. The first-order valence-corrected chi connectivity index (χ1v) is 11.5. The van der Waals surface area contributed by atoms with Crippen LogP contribution in [-0.2, 0) is 14.8 Å². The molecule has 2 aromatic rings. The Labute approximate surface area is 168 Å². The maximum Gasteiger partial charge on any atom is 0.240 e. The van der Waals surface area contributed by atoms with E-state index in [9.17, 15) is 13.2 Å². The van der Waals surface area contributed by atoms with Gasteiger partial charge in [-0.05, 0) is 67.3 Å². The van der Waals surface area contributed by atoms with Crippen molar-refractivity contribution in [3.63, 3.8) is 0 Å². The zero-order valence-corrected chi connectivity index (χ0v) is 17.0. The van der Waals surface area contributed by atoms with Crippen LogP contribution in [0.15, 0.2) is 58.3 Å². The molecule has 1 fully saturated rings. The molecular weight excluding hydrogens is 404 g/mol. The average molecular weight is 425 g/mol. The molecule has 1 aliphatic carbocycles. The number of carbonyl (C=O) groups excluding carboxylic acids is 1. The molecule has 0 saturated heterocycles. The number of anilines is 1. The van der Waals surface area contributed by atoms with Crippen molar-refractivity contribution in [2.75, 3.05) is 17.6 Å². The van der Waals surface area contributed by atoms with Crippen LogP contribution in [0.1, 0.15) is 19.3 Å². The Morgan fingerprint density at radius 3 is 2.37 bits per heavy atom. The van der Waals surface area contributed by atoms with Gasteiger partial charge in [0.2, 0.25) is 15.9 Å². The molecule has 8 heteroatoms. The molecule has 1 saturated carbocycles. The first kappa shape index (κ1) is 20.2. The largest absolute Gasteiger partial charge is 0.326 e. The molecule has 2 N–H and O–H groups in total. The zero-order chi connectivity index (χ0) is 19.3. The average Bonchev–Trinajstić information content (AvgIpc) is 3.47. The molecule has 0 atom stereocenters. The number of carbonyl (C=O) groups is 1. The highest BCUT2D eigenvalue weighted by atomic mass is 35.5. The Bertz CT molecular complexity index is 880. The Morgan fingerprint density at radius 1 is 1.07 bits per heavy atom. The molecule has 0 spiro atoms. The van der Waals surface area contributed by atoms with Crippen LogP contribution in [-0.4, -0.2) is 26.6 Å². The van der Waals surface area contributed by atoms with Crippen molar-refractivity contribution in [3.05, 3.63) is 53.6 Å².